The first-order chi connectivity index (χ1) is 18.5. The highest BCUT2D eigenvalue weighted by molar-refractivity contribution is 7.89. The van der Waals surface area contributed by atoms with Crippen LogP contribution in [0.4, 0.5) is 8.78 Å². The highest BCUT2D eigenvalue weighted by atomic mass is 32.2. The van der Waals surface area contributed by atoms with Gasteiger partial charge in [0.2, 0.25) is 21.7 Å². The Morgan fingerprint density at radius 3 is 2.54 bits per heavy atom. The van der Waals surface area contributed by atoms with Gasteiger partial charge in [-0.05, 0) is 44.7 Å². The van der Waals surface area contributed by atoms with Gasteiger partial charge in [0.1, 0.15) is 16.7 Å². The van der Waals surface area contributed by atoms with Crippen LogP contribution in [0.1, 0.15) is 42.4 Å². The summed E-state index contributed by atoms with van der Waals surface area (Å²) in [6, 6.07) is 8.94. The number of halogens is 2. The van der Waals surface area contributed by atoms with E-state index >= 15 is 4.39 Å². The van der Waals surface area contributed by atoms with Gasteiger partial charge in [0, 0.05) is 37.9 Å². The van der Waals surface area contributed by atoms with Crippen LogP contribution < -0.4 is 15.2 Å². The van der Waals surface area contributed by atoms with Gasteiger partial charge in [0.05, 0.1) is 17.5 Å². The largest absolute Gasteiger partial charge is 0.480 e. The summed E-state index contributed by atoms with van der Waals surface area (Å²) in [5.74, 6) is -4.63. The van der Waals surface area contributed by atoms with Crippen LogP contribution in [0.3, 0.4) is 0 Å². The van der Waals surface area contributed by atoms with Crippen molar-refractivity contribution in [3.05, 3.63) is 71.7 Å². The third-order valence-electron chi connectivity index (χ3n) is 6.51. The van der Waals surface area contributed by atoms with Crippen molar-refractivity contribution in [1.82, 2.24) is 19.2 Å². The molecular formula is C26H29F2N5O5S. The van der Waals surface area contributed by atoms with E-state index in [1.807, 2.05) is 18.9 Å². The lowest BCUT2D eigenvalue weighted by Gasteiger charge is -2.37. The molecule has 1 aliphatic rings. The maximum Gasteiger partial charge on any atom is 0.251 e. The summed E-state index contributed by atoms with van der Waals surface area (Å²) >= 11 is 0. The third-order valence-corrected chi connectivity index (χ3v) is 8.38. The van der Waals surface area contributed by atoms with Crippen molar-refractivity contribution in [3.8, 4) is 17.4 Å². The summed E-state index contributed by atoms with van der Waals surface area (Å²) in [7, 11) is -2.54. The van der Waals surface area contributed by atoms with E-state index in [0.29, 0.717) is 23.9 Å². The first-order valence-electron chi connectivity index (χ1n) is 12.3. The van der Waals surface area contributed by atoms with E-state index in [2.05, 4.69) is 9.97 Å². The van der Waals surface area contributed by atoms with Gasteiger partial charge < -0.3 is 20.1 Å². The summed E-state index contributed by atoms with van der Waals surface area (Å²) in [6.45, 7) is 4.22. The Morgan fingerprint density at radius 1 is 1.18 bits per heavy atom. The third kappa shape index (κ3) is 6.00. The van der Waals surface area contributed by atoms with Crippen molar-refractivity contribution in [1.29, 1.82) is 0 Å². The Balaban J connectivity index is 1.70. The van der Waals surface area contributed by atoms with E-state index in [0.717, 1.165) is 10.4 Å². The predicted molar refractivity (Wildman–Crippen MR) is 138 cm³/mol. The fourth-order valence-electron chi connectivity index (χ4n) is 4.11. The second-order valence-corrected chi connectivity index (χ2v) is 11.0. The van der Waals surface area contributed by atoms with Crippen LogP contribution in [-0.2, 0) is 10.0 Å². The zero-order valence-electron chi connectivity index (χ0n) is 21.7. The average molecular weight is 562 g/mol. The number of pyridine rings is 2. The molecule has 3 aromatic rings. The molecule has 2 aromatic heterocycles. The van der Waals surface area contributed by atoms with Crippen LogP contribution in [0.25, 0.3) is 0 Å². The molecule has 0 saturated carbocycles. The van der Waals surface area contributed by atoms with Crippen LogP contribution in [0.15, 0.2) is 53.7 Å². The number of nitrogens with zero attached hydrogens (tertiary/aromatic N) is 4. The van der Waals surface area contributed by atoms with Gasteiger partial charge in [-0.2, -0.15) is 8.70 Å². The molecule has 0 aliphatic carbocycles. The van der Waals surface area contributed by atoms with E-state index in [-0.39, 0.29) is 25.6 Å². The summed E-state index contributed by atoms with van der Waals surface area (Å²) in [5, 5.41) is 0. The fraction of sp³-hybridized carbons (Fsp3) is 0.346. The Bertz CT molecular complexity index is 1440. The Morgan fingerprint density at radius 2 is 1.95 bits per heavy atom. The lowest BCUT2D eigenvalue weighted by atomic mass is 10.1. The molecule has 3 heterocycles. The smallest absolute Gasteiger partial charge is 0.251 e. The zero-order valence-corrected chi connectivity index (χ0v) is 22.5. The van der Waals surface area contributed by atoms with Crippen molar-refractivity contribution in [2.75, 3.05) is 26.7 Å². The van der Waals surface area contributed by atoms with Crippen LogP contribution >= 0.6 is 0 Å². The summed E-state index contributed by atoms with van der Waals surface area (Å²) in [6.07, 6.45) is 2.26. The second-order valence-electron chi connectivity index (χ2n) is 9.14. The number of nitrogens with two attached hydrogens (primary N) is 1. The molecule has 10 nitrogen and oxygen atoms in total. The molecule has 0 bridgehead atoms. The van der Waals surface area contributed by atoms with Gasteiger partial charge in [0.15, 0.2) is 11.6 Å². The van der Waals surface area contributed by atoms with Crippen molar-refractivity contribution in [3.63, 3.8) is 0 Å². The van der Waals surface area contributed by atoms with Crippen molar-refractivity contribution in [2.24, 2.45) is 5.73 Å². The summed E-state index contributed by atoms with van der Waals surface area (Å²) in [4.78, 5) is 21.5. The van der Waals surface area contributed by atoms with E-state index in [1.165, 1.54) is 6.20 Å². The highest BCUT2D eigenvalue weighted by Gasteiger charge is 2.37. The molecule has 1 aliphatic heterocycles. The maximum absolute atomic E-state index is 15.4. The Kier molecular flexibility index (Phi) is 8.42. The van der Waals surface area contributed by atoms with Gasteiger partial charge >= 0.3 is 0 Å². The number of hydrogen-bond acceptors (Lipinski definition) is 8. The van der Waals surface area contributed by atoms with Gasteiger partial charge in [-0.1, -0.05) is 13.0 Å². The minimum Gasteiger partial charge on any atom is -0.480 e. The molecule has 1 fully saturated rings. The number of primary amides is 1. The number of carbonyl (C=O) groups is 1. The van der Waals surface area contributed by atoms with Gasteiger partial charge in [-0.3, -0.25) is 9.78 Å². The first-order valence-corrected chi connectivity index (χ1v) is 13.7. The van der Waals surface area contributed by atoms with E-state index in [9.17, 15) is 17.6 Å². The molecule has 0 radical (unpaired) electrons. The highest BCUT2D eigenvalue weighted by Crippen LogP contribution is 2.37. The lowest BCUT2D eigenvalue weighted by molar-refractivity contribution is 0.0994. The van der Waals surface area contributed by atoms with E-state index in [4.69, 9.17) is 15.2 Å². The monoisotopic (exact) mass is 561 g/mol. The molecule has 0 spiro atoms. The molecule has 2 atom stereocenters. The van der Waals surface area contributed by atoms with Crippen LogP contribution in [0.5, 0.6) is 17.4 Å². The van der Waals surface area contributed by atoms with Crippen molar-refractivity contribution in [2.45, 2.75) is 37.3 Å². The molecular weight excluding hydrogens is 532 g/mol. The molecule has 0 unspecified atom stereocenters. The fourth-order valence-corrected chi connectivity index (χ4v) is 5.76. The standard InChI is InChI=1S/C26H29F2N5O5S/c1-4-20(19-9-8-17(14-31-19)37-22-7-5-6-10-30-22)38-25-21(13-18(26(29)34)23(27)24(25)28)39(35,36)33-12-11-32(3)16(2)15-33/h5-10,13-14,16,20H,4,11-12,15H2,1-3H3,(H2,29,34)/t16-,20+/m0/s1. The first kappa shape index (κ1) is 28.3. The summed E-state index contributed by atoms with van der Waals surface area (Å²) < 4.78 is 70.2. The number of aromatic nitrogens is 2. The van der Waals surface area contributed by atoms with E-state index in [1.54, 1.807) is 43.5 Å². The topological polar surface area (TPSA) is 128 Å². The minimum absolute atomic E-state index is 0.111. The van der Waals surface area contributed by atoms with Crippen LogP contribution in [-0.4, -0.2) is 66.2 Å². The predicted octanol–water partition coefficient (Wildman–Crippen LogP) is 3.50. The van der Waals surface area contributed by atoms with Gasteiger partial charge in [0.25, 0.3) is 5.91 Å². The number of likely N-dealkylation sites (N-methyl/N-ethyl adjacent to an activating group) is 1. The number of ether oxygens (including phenoxy) is 2. The Hall–Kier alpha value is -3.68. The molecule has 2 N–H and O–H groups in total. The van der Waals surface area contributed by atoms with E-state index < -0.39 is 49.9 Å². The number of benzene rings is 1. The minimum atomic E-state index is -4.40. The van der Waals surface area contributed by atoms with Gasteiger partial charge in [-0.25, -0.2) is 17.8 Å². The van der Waals surface area contributed by atoms with Gasteiger partial charge in [-0.15, -0.1) is 0 Å². The molecule has 1 saturated heterocycles. The molecule has 4 rings (SSSR count). The number of piperazine rings is 1. The zero-order chi connectivity index (χ0) is 28.3. The van der Waals surface area contributed by atoms with Crippen LogP contribution in [0, 0.1) is 11.6 Å². The number of sulfonamides is 1. The molecule has 208 valence electrons. The Labute approximate surface area is 225 Å². The quantitative estimate of drug-likeness (QED) is 0.421. The normalized spacial score (nSPS) is 17.5. The summed E-state index contributed by atoms with van der Waals surface area (Å²) in [5.41, 5.74) is 4.66. The molecule has 1 amide bonds. The molecule has 1 aromatic carbocycles. The number of rotatable bonds is 9. The lowest BCUT2D eigenvalue weighted by Crippen LogP contribution is -2.51. The number of carbonyl (C=O) groups excluding carboxylic acids is 1. The van der Waals surface area contributed by atoms with Crippen molar-refractivity contribution < 1.29 is 31.5 Å². The SMILES string of the molecule is CC[C@@H](Oc1c(S(=O)(=O)N2CCN(C)[C@@H](C)C2)cc(C(N)=O)c(F)c1F)c1ccc(Oc2ccccn2)cn1. The van der Waals surface area contributed by atoms with Crippen molar-refractivity contribution >= 4 is 15.9 Å². The second kappa shape index (κ2) is 11.6. The number of amides is 1. The molecule has 39 heavy (non-hydrogen) atoms. The molecule has 13 heteroatoms. The average Bonchev–Trinajstić information content (AvgIpc) is 2.91. The number of hydrogen-bond donors (Lipinski definition) is 1. The van der Waals surface area contributed by atoms with Crippen LogP contribution in [0.2, 0.25) is 0 Å². The maximum atomic E-state index is 15.4.